The molecule has 0 aromatic heterocycles. The van der Waals surface area contributed by atoms with Crippen LogP contribution in [0, 0.1) is 0 Å². The minimum absolute atomic E-state index is 0.424. The maximum absolute atomic E-state index is 10.4. The number of hydrogen-bond acceptors (Lipinski definition) is 6. The Kier molecular flexibility index (Phi) is 7.11. The summed E-state index contributed by atoms with van der Waals surface area (Å²) >= 11 is 11.6. The molecule has 0 saturated carbocycles. The number of benzene rings is 2. The van der Waals surface area contributed by atoms with Crippen LogP contribution in [0.2, 0.25) is 0 Å². The lowest BCUT2D eigenvalue weighted by molar-refractivity contribution is -0.140. The summed E-state index contributed by atoms with van der Waals surface area (Å²) in [5, 5.41) is 55.0. The molecule has 0 radical (unpaired) electrons. The molecule has 6 N–H and O–H groups in total. The molecular formula is C20H20Cl2O6. The topological polar surface area (TPSA) is 121 Å². The van der Waals surface area contributed by atoms with Crippen LogP contribution in [-0.4, -0.2) is 53.0 Å². The molecule has 4 atom stereocenters. The van der Waals surface area contributed by atoms with Gasteiger partial charge in [-0.25, -0.2) is 0 Å². The molecule has 0 aliphatic heterocycles. The van der Waals surface area contributed by atoms with Crippen molar-refractivity contribution in [3.8, 4) is 0 Å². The highest BCUT2D eigenvalue weighted by atomic mass is 35.5. The van der Waals surface area contributed by atoms with Gasteiger partial charge >= 0.3 is 0 Å². The molecule has 150 valence electrons. The van der Waals surface area contributed by atoms with Crippen molar-refractivity contribution >= 4 is 35.4 Å². The largest absolute Gasteiger partial charge is 0.509 e. The Morgan fingerprint density at radius 3 is 1.68 bits per heavy atom. The number of aliphatic hydroxyl groups excluding tert-OH is 4. The molecule has 0 unspecified atom stereocenters. The first kappa shape index (κ1) is 22.2. The van der Waals surface area contributed by atoms with Gasteiger partial charge in [0, 0.05) is 0 Å². The van der Waals surface area contributed by atoms with Gasteiger partial charge in [0.25, 0.3) is 0 Å². The minimum atomic E-state index is -3.16. The summed E-state index contributed by atoms with van der Waals surface area (Å²) in [5.74, 6) is -1.72. The van der Waals surface area contributed by atoms with Crippen molar-refractivity contribution in [3.63, 3.8) is 0 Å². The van der Waals surface area contributed by atoms with E-state index in [1.165, 1.54) is 0 Å². The van der Waals surface area contributed by atoms with Gasteiger partial charge in [-0.15, -0.1) is 0 Å². The van der Waals surface area contributed by atoms with E-state index in [1.807, 2.05) is 0 Å². The summed E-state index contributed by atoms with van der Waals surface area (Å²) in [6.07, 6.45) is -2.33. The predicted octanol–water partition coefficient (Wildman–Crippen LogP) is 2.76. The Morgan fingerprint density at radius 2 is 1.21 bits per heavy atom. The fourth-order valence-corrected chi connectivity index (χ4v) is 2.74. The van der Waals surface area contributed by atoms with Gasteiger partial charge in [-0.1, -0.05) is 83.9 Å². The Bertz CT molecular complexity index is 834. The normalized spacial score (nSPS) is 19.4. The van der Waals surface area contributed by atoms with E-state index in [4.69, 9.17) is 23.2 Å². The second-order valence-corrected chi connectivity index (χ2v) is 7.23. The van der Waals surface area contributed by atoms with E-state index < -0.39 is 33.8 Å². The van der Waals surface area contributed by atoms with Crippen molar-refractivity contribution in [1.82, 2.24) is 0 Å². The first-order valence-electron chi connectivity index (χ1n) is 8.18. The number of halogens is 2. The highest BCUT2D eigenvalue weighted by molar-refractivity contribution is 6.34. The zero-order valence-electron chi connectivity index (χ0n) is 14.5. The summed E-state index contributed by atoms with van der Waals surface area (Å²) in [4.78, 5) is 0. The third-order valence-corrected chi connectivity index (χ3v) is 5.09. The van der Waals surface area contributed by atoms with Crippen molar-refractivity contribution in [2.24, 2.45) is 0 Å². The second-order valence-electron chi connectivity index (χ2n) is 6.11. The van der Waals surface area contributed by atoms with Crippen LogP contribution < -0.4 is 0 Å². The van der Waals surface area contributed by atoms with Gasteiger partial charge < -0.3 is 30.6 Å². The molecule has 6 nitrogen and oxygen atoms in total. The van der Waals surface area contributed by atoms with Gasteiger partial charge in [-0.3, -0.25) is 0 Å². The maximum Gasteiger partial charge on any atom is 0.242 e. The maximum atomic E-state index is 10.4. The first-order chi connectivity index (χ1) is 13.1. The van der Waals surface area contributed by atoms with Gasteiger partial charge in [0.2, 0.25) is 10.1 Å². The lowest BCUT2D eigenvalue weighted by Gasteiger charge is -2.38. The summed E-state index contributed by atoms with van der Waals surface area (Å²) in [6.45, 7) is 0. The number of hydrogen-bond donors (Lipinski definition) is 6. The van der Waals surface area contributed by atoms with Crippen molar-refractivity contribution < 1.29 is 30.6 Å². The third-order valence-electron chi connectivity index (χ3n) is 4.02. The molecule has 8 heteroatoms. The van der Waals surface area contributed by atoms with Crippen LogP contribution in [0.5, 0.6) is 0 Å². The van der Waals surface area contributed by atoms with Crippen LogP contribution in [0.1, 0.15) is 11.1 Å². The molecule has 0 amide bonds. The highest BCUT2D eigenvalue weighted by Gasteiger charge is 2.57. The van der Waals surface area contributed by atoms with Crippen LogP contribution in [0.25, 0.3) is 12.2 Å². The summed E-state index contributed by atoms with van der Waals surface area (Å²) in [5.41, 5.74) is 0.922. The molecule has 2 aromatic rings. The summed E-state index contributed by atoms with van der Waals surface area (Å²) in [7, 11) is 0. The van der Waals surface area contributed by atoms with E-state index in [0.717, 1.165) is 12.2 Å². The van der Waals surface area contributed by atoms with E-state index >= 15 is 0 Å². The fraction of sp³-hybridized carbons (Fsp3) is 0.200. The van der Waals surface area contributed by atoms with E-state index in [9.17, 15) is 30.6 Å². The zero-order valence-corrected chi connectivity index (χ0v) is 16.0. The quantitative estimate of drug-likeness (QED) is 0.299. The van der Waals surface area contributed by atoms with Gasteiger partial charge in [-0.2, -0.15) is 0 Å². The molecular weight excluding hydrogens is 407 g/mol. The van der Waals surface area contributed by atoms with E-state index in [0.29, 0.717) is 11.1 Å². The van der Waals surface area contributed by atoms with Crippen molar-refractivity contribution in [2.75, 3.05) is 0 Å². The Balaban J connectivity index is 2.27. The van der Waals surface area contributed by atoms with Crippen LogP contribution >= 0.6 is 23.2 Å². The van der Waals surface area contributed by atoms with Crippen LogP contribution in [0.3, 0.4) is 0 Å². The number of aliphatic hydroxyl groups is 6. The Hall–Kier alpha value is -2.06. The molecule has 28 heavy (non-hydrogen) atoms. The van der Waals surface area contributed by atoms with Crippen molar-refractivity contribution in [1.29, 1.82) is 0 Å². The lowest BCUT2D eigenvalue weighted by atomic mass is 9.97. The van der Waals surface area contributed by atoms with Gasteiger partial charge in [0.15, 0.2) is 0 Å². The SMILES string of the molecule is OC(=Cc1ccccc1)[C@@H](O)[C@@H](O)[C@@](O)(Cl)[C@](O)(Cl)C(O)=Cc1ccccc1. The van der Waals surface area contributed by atoms with Crippen LogP contribution in [0.15, 0.2) is 72.2 Å². The fourth-order valence-electron chi connectivity index (χ4n) is 2.35. The van der Waals surface area contributed by atoms with Crippen LogP contribution in [0.4, 0.5) is 0 Å². The van der Waals surface area contributed by atoms with Crippen molar-refractivity contribution in [3.05, 3.63) is 83.3 Å². The smallest absolute Gasteiger partial charge is 0.242 e. The van der Waals surface area contributed by atoms with Gasteiger partial charge in [0.1, 0.15) is 23.7 Å². The zero-order chi connectivity index (χ0) is 20.9. The lowest BCUT2D eigenvalue weighted by Crippen LogP contribution is -2.59. The average molecular weight is 427 g/mol. The van der Waals surface area contributed by atoms with Gasteiger partial charge in [0.05, 0.1) is 0 Å². The van der Waals surface area contributed by atoms with Crippen molar-refractivity contribution in [2.45, 2.75) is 22.3 Å². The summed E-state index contributed by atoms with van der Waals surface area (Å²) in [6, 6.07) is 16.5. The van der Waals surface area contributed by atoms with E-state index in [1.54, 1.807) is 60.7 Å². The molecule has 2 aromatic carbocycles. The number of alkyl halides is 2. The predicted molar refractivity (Wildman–Crippen MR) is 108 cm³/mol. The minimum Gasteiger partial charge on any atom is -0.509 e. The molecule has 0 fully saturated rings. The van der Waals surface area contributed by atoms with Crippen LogP contribution in [-0.2, 0) is 0 Å². The molecule has 0 saturated heterocycles. The first-order valence-corrected chi connectivity index (χ1v) is 8.93. The number of rotatable bonds is 7. The van der Waals surface area contributed by atoms with E-state index in [2.05, 4.69) is 0 Å². The standard InChI is InChI=1S/C20H20Cl2O6/c21-19(27,16(24)12-14-9-5-2-6-10-14)20(22,28)18(26)17(25)15(23)11-13-7-3-1-4-8-13/h1-12,17-18,23-28H/t17-,18-,19+,20+/m1/s1. The molecule has 0 aliphatic carbocycles. The molecule has 0 heterocycles. The molecule has 0 spiro atoms. The van der Waals surface area contributed by atoms with Gasteiger partial charge in [-0.05, 0) is 23.3 Å². The molecule has 0 bridgehead atoms. The Morgan fingerprint density at radius 1 is 0.786 bits per heavy atom. The third kappa shape index (κ3) is 4.86. The molecule has 0 aliphatic rings. The monoisotopic (exact) mass is 426 g/mol. The molecule has 2 rings (SSSR count). The Labute approximate surface area is 171 Å². The highest BCUT2D eigenvalue weighted by Crippen LogP contribution is 2.41. The summed E-state index contributed by atoms with van der Waals surface area (Å²) < 4.78 is 0. The second kappa shape index (κ2) is 8.96. The van der Waals surface area contributed by atoms with E-state index in [-0.39, 0.29) is 0 Å². The average Bonchev–Trinajstić information content (AvgIpc) is 2.68.